The normalized spacial score (nSPS) is 14.5. The van der Waals surface area contributed by atoms with Gasteiger partial charge >= 0.3 is 0 Å². The molecule has 2 heterocycles. The topological polar surface area (TPSA) is 51.7 Å². The number of hydrogen-bond acceptors (Lipinski definition) is 5. The summed E-state index contributed by atoms with van der Waals surface area (Å²) in [5, 5.41) is 2.92. The van der Waals surface area contributed by atoms with Crippen molar-refractivity contribution < 1.29 is 4.79 Å². The number of pyridine rings is 1. The SMILES string of the molecule is Cc1cccc(N2CCN(c3ccc(C(=O)NCCN(C)C)cn3)CC2)c1C. The summed E-state index contributed by atoms with van der Waals surface area (Å²) in [6, 6.07) is 10.3. The quantitative estimate of drug-likeness (QED) is 0.832. The van der Waals surface area contributed by atoms with Gasteiger partial charge in [-0.1, -0.05) is 12.1 Å². The first-order chi connectivity index (χ1) is 13.5. The number of rotatable bonds is 6. The zero-order chi connectivity index (χ0) is 20.1. The average molecular weight is 382 g/mol. The Kier molecular flexibility index (Phi) is 6.52. The number of carbonyl (C=O) groups excluding carboxylic acids is 1. The van der Waals surface area contributed by atoms with Crippen LogP contribution in [0.5, 0.6) is 0 Å². The van der Waals surface area contributed by atoms with Gasteiger partial charge in [-0.2, -0.15) is 0 Å². The highest BCUT2D eigenvalue weighted by Gasteiger charge is 2.20. The van der Waals surface area contributed by atoms with Gasteiger partial charge in [0.15, 0.2) is 0 Å². The van der Waals surface area contributed by atoms with Crippen LogP contribution in [0.25, 0.3) is 0 Å². The molecule has 1 aliphatic heterocycles. The molecule has 1 fully saturated rings. The molecule has 0 atom stereocenters. The van der Waals surface area contributed by atoms with Crippen molar-refractivity contribution in [2.24, 2.45) is 0 Å². The molecule has 0 spiro atoms. The number of aromatic nitrogens is 1. The number of aryl methyl sites for hydroxylation is 1. The van der Waals surface area contributed by atoms with E-state index in [4.69, 9.17) is 0 Å². The van der Waals surface area contributed by atoms with E-state index in [1.165, 1.54) is 16.8 Å². The Morgan fingerprint density at radius 1 is 1.07 bits per heavy atom. The van der Waals surface area contributed by atoms with E-state index in [1.807, 2.05) is 31.1 Å². The molecule has 0 saturated carbocycles. The fourth-order valence-electron chi connectivity index (χ4n) is 3.46. The number of likely N-dealkylation sites (N-methyl/N-ethyl adjacent to an activating group) is 1. The molecule has 0 bridgehead atoms. The summed E-state index contributed by atoms with van der Waals surface area (Å²) in [4.78, 5) is 23.5. The van der Waals surface area contributed by atoms with Crippen LogP contribution in [0.4, 0.5) is 11.5 Å². The fraction of sp³-hybridized carbons (Fsp3) is 0.455. The van der Waals surface area contributed by atoms with Gasteiger partial charge in [0.05, 0.1) is 5.56 Å². The van der Waals surface area contributed by atoms with Crippen molar-refractivity contribution in [2.75, 3.05) is 63.2 Å². The summed E-state index contributed by atoms with van der Waals surface area (Å²) in [6.45, 7) is 9.61. The van der Waals surface area contributed by atoms with Crippen LogP contribution in [0.3, 0.4) is 0 Å². The summed E-state index contributed by atoms with van der Waals surface area (Å²) < 4.78 is 0. The lowest BCUT2D eigenvalue weighted by molar-refractivity contribution is 0.0950. The van der Waals surface area contributed by atoms with E-state index in [0.717, 1.165) is 38.5 Å². The average Bonchev–Trinajstić information content (AvgIpc) is 2.70. The van der Waals surface area contributed by atoms with Crippen molar-refractivity contribution >= 4 is 17.4 Å². The lowest BCUT2D eigenvalue weighted by atomic mass is 10.1. The molecule has 6 nitrogen and oxygen atoms in total. The molecule has 0 aliphatic carbocycles. The van der Waals surface area contributed by atoms with Crippen LogP contribution in [0.2, 0.25) is 0 Å². The van der Waals surface area contributed by atoms with Crippen LogP contribution >= 0.6 is 0 Å². The smallest absolute Gasteiger partial charge is 0.252 e. The molecule has 28 heavy (non-hydrogen) atoms. The third kappa shape index (κ3) is 4.81. The molecule has 1 N–H and O–H groups in total. The molecule has 3 rings (SSSR count). The predicted molar refractivity (Wildman–Crippen MR) is 115 cm³/mol. The first-order valence-corrected chi connectivity index (χ1v) is 9.91. The maximum absolute atomic E-state index is 12.2. The summed E-state index contributed by atoms with van der Waals surface area (Å²) >= 11 is 0. The van der Waals surface area contributed by atoms with Gasteiger partial charge in [0.2, 0.25) is 0 Å². The van der Waals surface area contributed by atoms with Gasteiger partial charge in [0.25, 0.3) is 5.91 Å². The van der Waals surface area contributed by atoms with Gasteiger partial charge in [-0.3, -0.25) is 4.79 Å². The zero-order valence-electron chi connectivity index (χ0n) is 17.4. The second kappa shape index (κ2) is 9.06. The molecule has 0 unspecified atom stereocenters. The Balaban J connectivity index is 1.56. The Morgan fingerprint density at radius 3 is 2.43 bits per heavy atom. The van der Waals surface area contributed by atoms with Gasteiger partial charge in [0.1, 0.15) is 5.82 Å². The van der Waals surface area contributed by atoms with Crippen molar-refractivity contribution in [2.45, 2.75) is 13.8 Å². The fourth-order valence-corrected chi connectivity index (χ4v) is 3.46. The van der Waals surface area contributed by atoms with E-state index in [1.54, 1.807) is 6.20 Å². The Labute approximate surface area is 168 Å². The molecule has 1 aromatic heterocycles. The number of nitrogens with one attached hydrogen (secondary N) is 1. The van der Waals surface area contributed by atoms with Crippen molar-refractivity contribution in [3.63, 3.8) is 0 Å². The lowest BCUT2D eigenvalue weighted by Crippen LogP contribution is -2.47. The molecular formula is C22H31N5O. The minimum Gasteiger partial charge on any atom is -0.368 e. The number of anilines is 2. The Morgan fingerprint density at radius 2 is 1.79 bits per heavy atom. The third-order valence-corrected chi connectivity index (χ3v) is 5.38. The molecular weight excluding hydrogens is 350 g/mol. The number of benzene rings is 1. The second-order valence-corrected chi connectivity index (χ2v) is 7.66. The summed E-state index contributed by atoms with van der Waals surface area (Å²) in [7, 11) is 3.98. The van der Waals surface area contributed by atoms with Crippen LogP contribution in [0.15, 0.2) is 36.5 Å². The maximum atomic E-state index is 12.2. The molecule has 1 aromatic carbocycles. The van der Waals surface area contributed by atoms with Crippen LogP contribution < -0.4 is 15.1 Å². The molecule has 1 amide bonds. The summed E-state index contributed by atoms with van der Waals surface area (Å²) in [5.41, 5.74) is 4.63. The van der Waals surface area contributed by atoms with Crippen LogP contribution in [0.1, 0.15) is 21.5 Å². The number of nitrogens with zero attached hydrogens (tertiary/aromatic N) is 4. The zero-order valence-corrected chi connectivity index (χ0v) is 17.4. The van der Waals surface area contributed by atoms with Crippen molar-refractivity contribution in [3.8, 4) is 0 Å². The monoisotopic (exact) mass is 381 g/mol. The molecule has 1 saturated heterocycles. The van der Waals surface area contributed by atoms with Crippen LogP contribution in [-0.2, 0) is 0 Å². The standard InChI is InChI=1S/C22H31N5O/c1-17-6-5-7-20(18(17)2)26-12-14-27(15-13-26)21-9-8-19(16-24-21)22(28)23-10-11-25(3)4/h5-9,16H,10-15H2,1-4H3,(H,23,28). The minimum absolute atomic E-state index is 0.0689. The van der Waals surface area contributed by atoms with Crippen molar-refractivity contribution in [1.82, 2.24) is 15.2 Å². The van der Waals surface area contributed by atoms with Gasteiger partial charge in [-0.25, -0.2) is 4.98 Å². The van der Waals surface area contributed by atoms with E-state index >= 15 is 0 Å². The van der Waals surface area contributed by atoms with E-state index < -0.39 is 0 Å². The molecule has 150 valence electrons. The first-order valence-electron chi connectivity index (χ1n) is 9.91. The summed E-state index contributed by atoms with van der Waals surface area (Å²) in [5.74, 6) is 0.867. The number of carbonyl (C=O) groups is 1. The van der Waals surface area contributed by atoms with E-state index in [2.05, 4.69) is 52.1 Å². The minimum atomic E-state index is -0.0689. The van der Waals surface area contributed by atoms with E-state index in [9.17, 15) is 4.79 Å². The molecule has 6 heteroatoms. The second-order valence-electron chi connectivity index (χ2n) is 7.66. The van der Waals surface area contributed by atoms with Gasteiger partial charge in [-0.15, -0.1) is 0 Å². The maximum Gasteiger partial charge on any atom is 0.252 e. The highest BCUT2D eigenvalue weighted by atomic mass is 16.1. The number of piperazine rings is 1. The molecule has 2 aromatic rings. The van der Waals surface area contributed by atoms with Crippen LogP contribution in [-0.4, -0.2) is 69.2 Å². The van der Waals surface area contributed by atoms with Gasteiger partial charge < -0.3 is 20.0 Å². The van der Waals surface area contributed by atoms with Crippen LogP contribution in [0, 0.1) is 13.8 Å². The van der Waals surface area contributed by atoms with Crippen molar-refractivity contribution in [3.05, 3.63) is 53.2 Å². The largest absolute Gasteiger partial charge is 0.368 e. The Bertz CT molecular complexity index is 795. The van der Waals surface area contributed by atoms with Crippen molar-refractivity contribution in [1.29, 1.82) is 0 Å². The molecule has 1 aliphatic rings. The van der Waals surface area contributed by atoms with E-state index in [-0.39, 0.29) is 5.91 Å². The highest BCUT2D eigenvalue weighted by Crippen LogP contribution is 2.25. The predicted octanol–water partition coefficient (Wildman–Crippen LogP) is 2.32. The Hall–Kier alpha value is -2.60. The van der Waals surface area contributed by atoms with E-state index in [0.29, 0.717) is 12.1 Å². The first kappa shape index (κ1) is 20.1. The number of amides is 1. The lowest BCUT2D eigenvalue weighted by Gasteiger charge is -2.37. The van der Waals surface area contributed by atoms with Gasteiger partial charge in [-0.05, 0) is 57.3 Å². The molecule has 0 radical (unpaired) electrons. The number of hydrogen-bond donors (Lipinski definition) is 1. The third-order valence-electron chi connectivity index (χ3n) is 5.38. The summed E-state index contributed by atoms with van der Waals surface area (Å²) in [6.07, 6.45) is 1.68. The highest BCUT2D eigenvalue weighted by molar-refractivity contribution is 5.94. The van der Waals surface area contributed by atoms with Gasteiger partial charge in [0, 0.05) is 51.2 Å².